The van der Waals surface area contributed by atoms with Gasteiger partial charge in [-0.25, -0.2) is 18.2 Å². The second-order valence-corrected chi connectivity index (χ2v) is 8.93. The Kier molecular flexibility index (Phi) is 5.07. The minimum Gasteiger partial charge on any atom is -0.422 e. The monoisotopic (exact) mass is 437 g/mol. The molecule has 0 spiro atoms. The van der Waals surface area contributed by atoms with Crippen LogP contribution in [0.4, 0.5) is 17.2 Å². The first-order valence-electron chi connectivity index (χ1n) is 9.22. The van der Waals surface area contributed by atoms with Gasteiger partial charge in [0.05, 0.1) is 17.3 Å². The van der Waals surface area contributed by atoms with Gasteiger partial charge in [-0.05, 0) is 47.5 Å². The van der Waals surface area contributed by atoms with Crippen LogP contribution in [0.1, 0.15) is 0 Å². The predicted molar refractivity (Wildman–Crippen MR) is 119 cm³/mol. The summed E-state index contributed by atoms with van der Waals surface area (Å²) in [6, 6.07) is 18.0. The number of nitrogens with zero attached hydrogens (tertiary/aromatic N) is 4. The molecule has 0 aliphatic rings. The van der Waals surface area contributed by atoms with Gasteiger partial charge in [0.2, 0.25) is 10.0 Å². The lowest BCUT2D eigenvalue weighted by Crippen LogP contribution is -2.24. The fourth-order valence-electron chi connectivity index (χ4n) is 3.11. The standard InChI is InChI=1S/C21H19N5O4S/c1-25(31(2,29)30)17-10-8-14(9-11-17)15-5-3-6-16(13-15)23-19-18-7-4-12-22-20(18)26(28)21(27)24-19/h3-13,28H,1-2H3,(H,23,24,27). The van der Waals surface area contributed by atoms with Gasteiger partial charge >= 0.3 is 5.69 Å². The number of hydrogen-bond donors (Lipinski definition) is 2. The summed E-state index contributed by atoms with van der Waals surface area (Å²) in [6.07, 6.45) is 2.63. The zero-order valence-corrected chi connectivity index (χ0v) is 17.5. The van der Waals surface area contributed by atoms with Crippen LogP contribution in [0.2, 0.25) is 0 Å². The van der Waals surface area contributed by atoms with Crippen molar-refractivity contribution in [1.29, 1.82) is 0 Å². The molecule has 0 saturated heterocycles. The lowest BCUT2D eigenvalue weighted by molar-refractivity contribution is 0.182. The molecule has 0 radical (unpaired) electrons. The van der Waals surface area contributed by atoms with Gasteiger partial charge in [-0.1, -0.05) is 24.3 Å². The summed E-state index contributed by atoms with van der Waals surface area (Å²) in [5, 5.41) is 13.5. The normalized spacial score (nSPS) is 11.4. The summed E-state index contributed by atoms with van der Waals surface area (Å²) in [5.41, 5.74) is 2.29. The molecule has 4 rings (SSSR count). The van der Waals surface area contributed by atoms with Crippen LogP contribution in [0.3, 0.4) is 0 Å². The summed E-state index contributed by atoms with van der Waals surface area (Å²) < 4.78 is 25.0. The molecule has 2 N–H and O–H groups in total. The third-order valence-electron chi connectivity index (χ3n) is 4.82. The molecule has 0 aliphatic heterocycles. The third kappa shape index (κ3) is 4.05. The molecule has 0 unspecified atom stereocenters. The second-order valence-electron chi connectivity index (χ2n) is 6.91. The number of aromatic nitrogens is 3. The quantitative estimate of drug-likeness (QED) is 0.461. The van der Waals surface area contributed by atoms with E-state index in [2.05, 4.69) is 15.3 Å². The molecule has 0 bridgehead atoms. The fourth-order valence-corrected chi connectivity index (χ4v) is 3.61. The molecule has 0 fully saturated rings. The Labute approximate surface area is 178 Å². The van der Waals surface area contributed by atoms with Crippen molar-refractivity contribution in [3.8, 4) is 11.1 Å². The maximum absolute atomic E-state index is 12.0. The smallest absolute Gasteiger partial charge is 0.384 e. The van der Waals surface area contributed by atoms with Gasteiger partial charge in [-0.3, -0.25) is 4.31 Å². The maximum atomic E-state index is 12.0. The highest BCUT2D eigenvalue weighted by molar-refractivity contribution is 7.92. The number of fused-ring (bicyclic) bond motifs is 1. The zero-order valence-electron chi connectivity index (χ0n) is 16.7. The van der Waals surface area contributed by atoms with Gasteiger partial charge in [0.15, 0.2) is 5.65 Å². The SMILES string of the molecule is CN(c1ccc(-c2cccc(Nc3nc(=O)n(O)c4ncccc34)c2)cc1)S(C)(=O)=O. The largest absolute Gasteiger partial charge is 0.422 e. The Bertz CT molecular complexity index is 1430. The maximum Gasteiger partial charge on any atom is 0.384 e. The summed E-state index contributed by atoms with van der Waals surface area (Å²) in [4.78, 5) is 19.9. The van der Waals surface area contributed by atoms with Crippen LogP contribution >= 0.6 is 0 Å². The highest BCUT2D eigenvalue weighted by Crippen LogP contribution is 2.28. The Morgan fingerprint density at radius 1 is 1.03 bits per heavy atom. The highest BCUT2D eigenvalue weighted by atomic mass is 32.2. The van der Waals surface area contributed by atoms with Crippen molar-refractivity contribution in [3.05, 3.63) is 77.3 Å². The topological polar surface area (TPSA) is 117 Å². The van der Waals surface area contributed by atoms with E-state index in [0.29, 0.717) is 21.5 Å². The molecular formula is C21H19N5O4S. The Morgan fingerprint density at radius 3 is 2.48 bits per heavy atom. The Morgan fingerprint density at radius 2 is 1.77 bits per heavy atom. The van der Waals surface area contributed by atoms with Gasteiger partial charge in [-0.2, -0.15) is 4.98 Å². The summed E-state index contributed by atoms with van der Waals surface area (Å²) in [5.74, 6) is 0.278. The highest BCUT2D eigenvalue weighted by Gasteiger charge is 2.13. The molecule has 0 saturated carbocycles. The Hall–Kier alpha value is -3.92. The number of anilines is 3. The van der Waals surface area contributed by atoms with Crippen molar-refractivity contribution in [1.82, 2.24) is 14.7 Å². The lowest BCUT2D eigenvalue weighted by Gasteiger charge is -2.17. The van der Waals surface area contributed by atoms with Crippen LogP contribution < -0.4 is 15.3 Å². The van der Waals surface area contributed by atoms with Crippen LogP contribution in [-0.2, 0) is 10.0 Å². The molecule has 0 amide bonds. The van der Waals surface area contributed by atoms with E-state index in [4.69, 9.17) is 0 Å². The molecule has 0 aliphatic carbocycles. The second kappa shape index (κ2) is 7.73. The summed E-state index contributed by atoms with van der Waals surface area (Å²) in [6.45, 7) is 0. The van der Waals surface area contributed by atoms with Crippen molar-refractivity contribution >= 4 is 38.2 Å². The average Bonchev–Trinajstić information content (AvgIpc) is 2.76. The summed E-state index contributed by atoms with van der Waals surface area (Å²) in [7, 11) is -1.83. The number of hydrogen-bond acceptors (Lipinski definition) is 7. The molecular weight excluding hydrogens is 418 g/mol. The van der Waals surface area contributed by atoms with Gasteiger partial charge in [0.1, 0.15) is 5.82 Å². The van der Waals surface area contributed by atoms with E-state index in [-0.39, 0.29) is 11.5 Å². The first-order valence-corrected chi connectivity index (χ1v) is 11.1. The number of benzene rings is 2. The molecule has 2 heterocycles. The van der Waals surface area contributed by atoms with Gasteiger partial charge < -0.3 is 10.5 Å². The van der Waals surface area contributed by atoms with Gasteiger partial charge in [-0.15, -0.1) is 4.73 Å². The van der Waals surface area contributed by atoms with Crippen molar-refractivity contribution in [2.24, 2.45) is 0 Å². The molecule has 4 aromatic rings. The van der Waals surface area contributed by atoms with E-state index in [9.17, 15) is 18.4 Å². The van der Waals surface area contributed by atoms with Crippen LogP contribution in [0.5, 0.6) is 0 Å². The number of pyridine rings is 1. The van der Waals surface area contributed by atoms with Crippen molar-refractivity contribution in [3.63, 3.8) is 0 Å². The average molecular weight is 437 g/mol. The van der Waals surface area contributed by atoms with E-state index in [1.165, 1.54) is 17.5 Å². The summed E-state index contributed by atoms with van der Waals surface area (Å²) >= 11 is 0. The zero-order chi connectivity index (χ0) is 22.2. The molecule has 2 aromatic carbocycles. The van der Waals surface area contributed by atoms with E-state index in [0.717, 1.165) is 17.4 Å². The molecule has 10 heteroatoms. The predicted octanol–water partition coefficient (Wildman–Crippen LogP) is 2.84. The lowest BCUT2D eigenvalue weighted by atomic mass is 10.0. The minimum absolute atomic E-state index is 0.103. The fraction of sp³-hybridized carbons (Fsp3) is 0.0952. The molecule has 158 valence electrons. The van der Waals surface area contributed by atoms with E-state index in [1.54, 1.807) is 24.3 Å². The number of rotatable bonds is 5. The van der Waals surface area contributed by atoms with Crippen LogP contribution in [0, 0.1) is 0 Å². The minimum atomic E-state index is -3.33. The molecule has 0 atom stereocenters. The van der Waals surface area contributed by atoms with E-state index in [1.807, 2.05) is 36.4 Å². The van der Waals surface area contributed by atoms with Gasteiger partial charge in [0.25, 0.3) is 0 Å². The first-order chi connectivity index (χ1) is 14.7. The molecule has 2 aromatic heterocycles. The van der Waals surface area contributed by atoms with Crippen LogP contribution in [0.15, 0.2) is 71.7 Å². The first kappa shape index (κ1) is 20.4. The van der Waals surface area contributed by atoms with Crippen molar-refractivity contribution in [2.45, 2.75) is 0 Å². The van der Waals surface area contributed by atoms with E-state index < -0.39 is 15.7 Å². The molecule has 31 heavy (non-hydrogen) atoms. The Balaban J connectivity index is 1.67. The molecule has 9 nitrogen and oxygen atoms in total. The van der Waals surface area contributed by atoms with Crippen molar-refractivity contribution in [2.75, 3.05) is 22.9 Å². The number of nitrogens with one attached hydrogen (secondary N) is 1. The van der Waals surface area contributed by atoms with Crippen LogP contribution in [0.25, 0.3) is 22.2 Å². The number of sulfonamides is 1. The van der Waals surface area contributed by atoms with E-state index >= 15 is 0 Å². The van der Waals surface area contributed by atoms with Crippen LogP contribution in [-0.4, -0.2) is 41.6 Å². The third-order valence-corrected chi connectivity index (χ3v) is 6.02. The van der Waals surface area contributed by atoms with Crippen molar-refractivity contribution < 1.29 is 13.6 Å². The van der Waals surface area contributed by atoms with Gasteiger partial charge in [0, 0.05) is 18.9 Å².